The molecular weight excluding hydrogens is 309 g/mol. The largest absolute Gasteiger partial charge is 0.319 e. The Bertz CT molecular complexity index is 629. The Morgan fingerprint density at radius 1 is 1.11 bits per heavy atom. The van der Waals surface area contributed by atoms with Crippen LogP contribution in [0.15, 0.2) is 24.5 Å². The van der Waals surface area contributed by atoms with Gasteiger partial charge in [0.25, 0.3) is 5.91 Å². The van der Waals surface area contributed by atoms with Gasteiger partial charge in [-0.25, -0.2) is 9.97 Å². The summed E-state index contributed by atoms with van der Waals surface area (Å²) >= 11 is 17.6. The highest BCUT2D eigenvalue weighted by molar-refractivity contribution is 6.36. The van der Waals surface area contributed by atoms with Crippen LogP contribution in [-0.2, 0) is 0 Å². The molecule has 0 unspecified atom stereocenters. The summed E-state index contributed by atoms with van der Waals surface area (Å²) in [5.41, 5.74) is 1.38. The molecule has 0 aliphatic carbocycles. The van der Waals surface area contributed by atoms with Gasteiger partial charge in [-0.3, -0.25) is 4.79 Å². The lowest BCUT2D eigenvalue weighted by atomic mass is 10.2. The molecule has 1 N–H and O–H groups in total. The molecule has 2 aromatic rings. The first-order valence-corrected chi connectivity index (χ1v) is 6.35. The van der Waals surface area contributed by atoms with Crippen LogP contribution >= 0.6 is 34.8 Å². The van der Waals surface area contributed by atoms with Crippen molar-refractivity contribution in [2.75, 3.05) is 5.32 Å². The third-order valence-electron chi connectivity index (χ3n) is 2.35. The molecule has 0 spiro atoms. The highest BCUT2D eigenvalue weighted by atomic mass is 35.5. The van der Waals surface area contributed by atoms with Crippen LogP contribution in [0.3, 0.4) is 0 Å². The van der Waals surface area contributed by atoms with Crippen LogP contribution in [0.2, 0.25) is 15.2 Å². The van der Waals surface area contributed by atoms with Gasteiger partial charge in [0.2, 0.25) is 0 Å². The Balaban J connectivity index is 2.24. The van der Waals surface area contributed by atoms with Gasteiger partial charge in [0.05, 0.1) is 23.1 Å². The number of carbonyl (C=O) groups is 1. The van der Waals surface area contributed by atoms with Crippen LogP contribution in [0.25, 0.3) is 0 Å². The molecule has 0 aliphatic rings. The minimum atomic E-state index is -0.439. The fourth-order valence-corrected chi connectivity index (χ4v) is 1.88. The lowest BCUT2D eigenvalue weighted by Gasteiger charge is -2.08. The first kappa shape index (κ1) is 14.1. The number of hydrogen-bond donors (Lipinski definition) is 1. The molecule has 0 bridgehead atoms. The van der Waals surface area contributed by atoms with E-state index in [1.165, 1.54) is 12.4 Å². The van der Waals surface area contributed by atoms with Gasteiger partial charge in [-0.15, -0.1) is 0 Å². The van der Waals surface area contributed by atoms with E-state index < -0.39 is 5.91 Å². The number of aromatic nitrogens is 2. The van der Waals surface area contributed by atoms with Crippen molar-refractivity contribution in [1.82, 2.24) is 9.97 Å². The van der Waals surface area contributed by atoms with E-state index in [0.717, 1.165) is 5.56 Å². The summed E-state index contributed by atoms with van der Waals surface area (Å²) in [6.07, 6.45) is 2.57. The average molecular weight is 317 g/mol. The van der Waals surface area contributed by atoms with Crippen molar-refractivity contribution < 1.29 is 4.79 Å². The number of nitrogens with zero attached hydrogens (tertiary/aromatic N) is 2. The molecule has 0 aliphatic heterocycles. The molecule has 0 fully saturated rings. The molecule has 2 rings (SSSR count). The molecule has 19 heavy (non-hydrogen) atoms. The summed E-state index contributed by atoms with van der Waals surface area (Å²) in [6, 6.07) is 3.26. The summed E-state index contributed by atoms with van der Waals surface area (Å²) in [5, 5.41) is 3.74. The van der Waals surface area contributed by atoms with Gasteiger partial charge in [0.1, 0.15) is 10.8 Å². The van der Waals surface area contributed by atoms with E-state index in [4.69, 9.17) is 34.8 Å². The van der Waals surface area contributed by atoms with Crippen molar-refractivity contribution >= 4 is 46.4 Å². The van der Waals surface area contributed by atoms with Crippen molar-refractivity contribution in [3.8, 4) is 0 Å². The maximum Gasteiger partial charge on any atom is 0.275 e. The Morgan fingerprint density at radius 3 is 2.47 bits per heavy atom. The van der Waals surface area contributed by atoms with Crippen molar-refractivity contribution in [3.05, 3.63) is 51.0 Å². The highest BCUT2D eigenvalue weighted by Gasteiger charge is 2.11. The average Bonchev–Trinajstić information content (AvgIpc) is 2.36. The lowest BCUT2D eigenvalue weighted by molar-refractivity contribution is 0.102. The van der Waals surface area contributed by atoms with Crippen LogP contribution in [0.1, 0.15) is 16.1 Å². The van der Waals surface area contributed by atoms with Crippen LogP contribution in [0, 0.1) is 6.92 Å². The first-order valence-electron chi connectivity index (χ1n) is 5.22. The number of nitrogens with one attached hydrogen (secondary N) is 1. The predicted molar refractivity (Wildman–Crippen MR) is 76.2 cm³/mol. The van der Waals surface area contributed by atoms with Crippen LogP contribution < -0.4 is 5.32 Å². The smallest absolute Gasteiger partial charge is 0.275 e. The van der Waals surface area contributed by atoms with E-state index in [1.54, 1.807) is 12.1 Å². The molecule has 1 aromatic heterocycles. The number of rotatable bonds is 2. The van der Waals surface area contributed by atoms with Crippen LogP contribution in [0.4, 0.5) is 5.69 Å². The van der Waals surface area contributed by atoms with Gasteiger partial charge in [-0.05, 0) is 24.6 Å². The molecule has 1 heterocycles. The second kappa shape index (κ2) is 5.74. The third kappa shape index (κ3) is 3.35. The monoisotopic (exact) mass is 315 g/mol. The maximum atomic E-state index is 11.9. The van der Waals surface area contributed by atoms with Gasteiger partial charge in [0, 0.05) is 5.02 Å². The number of carbonyl (C=O) groups excluding carboxylic acids is 1. The minimum absolute atomic E-state index is 0.136. The number of amides is 1. The first-order chi connectivity index (χ1) is 8.97. The second-order valence-electron chi connectivity index (χ2n) is 3.76. The maximum absolute atomic E-state index is 11.9. The third-order valence-corrected chi connectivity index (χ3v) is 3.26. The van der Waals surface area contributed by atoms with E-state index in [9.17, 15) is 4.79 Å². The fourth-order valence-electron chi connectivity index (χ4n) is 1.36. The van der Waals surface area contributed by atoms with E-state index in [0.29, 0.717) is 15.7 Å². The van der Waals surface area contributed by atoms with Crippen molar-refractivity contribution in [1.29, 1.82) is 0 Å². The van der Waals surface area contributed by atoms with E-state index in [1.807, 2.05) is 6.92 Å². The van der Waals surface area contributed by atoms with Gasteiger partial charge < -0.3 is 5.32 Å². The summed E-state index contributed by atoms with van der Waals surface area (Å²) in [4.78, 5) is 19.6. The topological polar surface area (TPSA) is 54.9 Å². The van der Waals surface area contributed by atoms with Crippen LogP contribution in [0.5, 0.6) is 0 Å². The second-order valence-corrected chi connectivity index (χ2v) is 4.96. The molecule has 0 radical (unpaired) electrons. The van der Waals surface area contributed by atoms with Crippen LogP contribution in [-0.4, -0.2) is 15.9 Å². The number of halogens is 3. The zero-order valence-corrected chi connectivity index (χ0v) is 12.0. The molecule has 98 valence electrons. The van der Waals surface area contributed by atoms with E-state index in [2.05, 4.69) is 15.3 Å². The quantitative estimate of drug-likeness (QED) is 0.911. The number of anilines is 1. The zero-order valence-electron chi connectivity index (χ0n) is 9.75. The summed E-state index contributed by atoms with van der Waals surface area (Å²) in [6.45, 7) is 1.82. The fraction of sp³-hybridized carbons (Fsp3) is 0.0833. The van der Waals surface area contributed by atoms with Gasteiger partial charge in [0.15, 0.2) is 0 Å². The lowest BCUT2D eigenvalue weighted by Crippen LogP contribution is -2.14. The SMILES string of the molecule is Cc1cc(Cl)c(NC(=O)c2cnc(Cl)cn2)cc1Cl. The molecule has 1 amide bonds. The normalized spacial score (nSPS) is 10.3. The molecule has 4 nitrogen and oxygen atoms in total. The van der Waals surface area contributed by atoms with E-state index in [-0.39, 0.29) is 10.8 Å². The van der Waals surface area contributed by atoms with Crippen molar-refractivity contribution in [2.45, 2.75) is 6.92 Å². The Hall–Kier alpha value is -1.36. The predicted octanol–water partition coefficient (Wildman–Crippen LogP) is 4.00. The number of aryl methyl sites for hydroxylation is 1. The summed E-state index contributed by atoms with van der Waals surface area (Å²) in [7, 11) is 0. The standard InChI is InChI=1S/C12H8Cl3N3O/c1-6-2-8(14)9(3-7(6)13)18-12(19)10-4-17-11(15)5-16-10/h2-5H,1H3,(H,18,19). The summed E-state index contributed by atoms with van der Waals surface area (Å²) in [5.74, 6) is -0.439. The Labute approximate surface area is 124 Å². The van der Waals surface area contributed by atoms with Gasteiger partial charge in [-0.1, -0.05) is 34.8 Å². The molecular formula is C12H8Cl3N3O. The van der Waals surface area contributed by atoms with Gasteiger partial charge in [-0.2, -0.15) is 0 Å². The van der Waals surface area contributed by atoms with E-state index >= 15 is 0 Å². The minimum Gasteiger partial charge on any atom is -0.319 e. The highest BCUT2D eigenvalue weighted by Crippen LogP contribution is 2.29. The molecule has 0 saturated heterocycles. The zero-order chi connectivity index (χ0) is 14.0. The molecule has 0 saturated carbocycles. The number of benzene rings is 1. The molecule has 1 aromatic carbocycles. The Kier molecular flexibility index (Phi) is 4.24. The Morgan fingerprint density at radius 2 is 1.84 bits per heavy atom. The molecule has 0 atom stereocenters. The number of hydrogen-bond acceptors (Lipinski definition) is 3. The van der Waals surface area contributed by atoms with Crippen molar-refractivity contribution in [3.63, 3.8) is 0 Å². The van der Waals surface area contributed by atoms with Crippen molar-refractivity contribution in [2.24, 2.45) is 0 Å². The molecule has 7 heteroatoms. The van der Waals surface area contributed by atoms with Gasteiger partial charge >= 0.3 is 0 Å². The summed E-state index contributed by atoms with van der Waals surface area (Å²) < 4.78 is 0.